The molecule has 0 aromatic heterocycles. The van der Waals surface area contributed by atoms with Gasteiger partial charge < -0.3 is 14.3 Å². The molecule has 0 saturated carbocycles. The lowest BCUT2D eigenvalue weighted by atomic mass is 9.82. The van der Waals surface area contributed by atoms with Crippen LogP contribution in [0.1, 0.15) is 58.7 Å². The predicted molar refractivity (Wildman–Crippen MR) is 178 cm³/mol. The van der Waals surface area contributed by atoms with Crippen LogP contribution in [0.5, 0.6) is 11.5 Å². The molecule has 0 aliphatic rings. The van der Waals surface area contributed by atoms with Crippen LogP contribution in [0.3, 0.4) is 0 Å². The van der Waals surface area contributed by atoms with Crippen molar-refractivity contribution in [3.8, 4) is 22.6 Å². The lowest BCUT2D eigenvalue weighted by Gasteiger charge is -2.24. The van der Waals surface area contributed by atoms with Gasteiger partial charge in [0, 0.05) is 0 Å². The number of benzene rings is 6. The molecule has 1 N–H and O–H groups in total. The number of hydrogen-bond donors (Lipinski definition) is 1. The van der Waals surface area contributed by atoms with Crippen molar-refractivity contribution in [2.24, 2.45) is 0 Å². The van der Waals surface area contributed by atoms with Crippen LogP contribution >= 0.6 is 0 Å². The first-order chi connectivity index (χ1) is 20.2. The van der Waals surface area contributed by atoms with Crippen LogP contribution < -0.4 is 9.31 Å². The molecule has 0 radical (unpaired) electrons. The van der Waals surface area contributed by atoms with Crippen LogP contribution in [0, 0.1) is 41.5 Å². The number of rotatable bonds is 8. The predicted octanol–water partition coefficient (Wildman–Crippen LogP) is 9.88. The minimum absolute atomic E-state index is 0.657. The van der Waals surface area contributed by atoms with E-state index >= 15 is 0 Å². The van der Waals surface area contributed by atoms with Crippen LogP contribution in [0.4, 0.5) is 0 Å². The maximum absolute atomic E-state index is 11.0. The van der Waals surface area contributed by atoms with E-state index < -0.39 is 7.32 Å². The first kappa shape index (κ1) is 28.1. The first-order valence-corrected chi connectivity index (χ1v) is 15.1. The normalized spacial score (nSPS) is 11.6. The summed E-state index contributed by atoms with van der Waals surface area (Å²) in [6.45, 7) is 14.6. The summed E-state index contributed by atoms with van der Waals surface area (Å²) < 4.78 is 12.2. The second kappa shape index (κ2) is 11.0. The van der Waals surface area contributed by atoms with Crippen LogP contribution in [-0.4, -0.2) is 12.3 Å². The highest BCUT2D eigenvalue weighted by Gasteiger charge is 2.27. The maximum atomic E-state index is 11.0. The highest BCUT2D eigenvalue weighted by Crippen LogP contribution is 2.45. The Labute approximate surface area is 249 Å². The lowest BCUT2D eigenvalue weighted by molar-refractivity contribution is 0.294. The van der Waals surface area contributed by atoms with E-state index in [1.54, 1.807) is 0 Å². The van der Waals surface area contributed by atoms with E-state index in [9.17, 15) is 5.02 Å². The number of aryl methyl sites for hydroxylation is 6. The monoisotopic (exact) mass is 554 g/mol. The van der Waals surface area contributed by atoms with Crippen molar-refractivity contribution in [2.45, 2.75) is 67.7 Å². The molecule has 0 fully saturated rings. The molecule has 212 valence electrons. The number of unbranched alkanes of at least 4 members (excludes halogenated alkanes) is 1. The van der Waals surface area contributed by atoms with Gasteiger partial charge in [-0.3, -0.25) is 0 Å². The highest BCUT2D eigenvalue weighted by atomic mass is 16.7. The van der Waals surface area contributed by atoms with E-state index in [2.05, 4.69) is 94.4 Å². The lowest BCUT2D eigenvalue weighted by Crippen LogP contribution is -2.31. The van der Waals surface area contributed by atoms with Crippen molar-refractivity contribution in [1.29, 1.82) is 0 Å². The third-order valence-electron chi connectivity index (χ3n) is 8.72. The fraction of sp³-hybridized carbons (Fsp3) is 0.263. The van der Waals surface area contributed by atoms with Crippen molar-refractivity contribution in [1.82, 2.24) is 0 Å². The Morgan fingerprint density at radius 3 is 1.95 bits per heavy atom. The van der Waals surface area contributed by atoms with Crippen molar-refractivity contribution < 1.29 is 14.3 Å². The molecule has 4 heteroatoms. The molecule has 0 amide bonds. The SMILES string of the molecule is CCCCc1cc2ccc3cccc4ccc(c1-c1c(C)cc(C)c(OB(O)Oc5c(C)cc(C)cc5C)c1C)c2c34. The Morgan fingerprint density at radius 1 is 0.643 bits per heavy atom. The molecule has 42 heavy (non-hydrogen) atoms. The Balaban J connectivity index is 1.53. The molecule has 0 unspecified atom stereocenters. The Kier molecular flexibility index (Phi) is 7.36. The van der Waals surface area contributed by atoms with E-state index in [4.69, 9.17) is 9.31 Å². The molecule has 0 atom stereocenters. The minimum Gasteiger partial charge on any atom is -0.501 e. The standard InChI is InChI=1S/C38H39BO3/c1-8-9-11-30-21-31-15-14-28-12-10-13-29-16-17-32(36(31)34(28)29)35(30)33-23(3)20-26(6)38(27(33)7)42-39(40)41-37-24(4)18-22(2)19-25(37)5/h10,12-21,40H,8-9,11H2,1-7H3. The van der Waals surface area contributed by atoms with Crippen LogP contribution in [0.15, 0.2) is 66.7 Å². The average Bonchev–Trinajstić information content (AvgIpc) is 2.95. The molecule has 0 spiro atoms. The fourth-order valence-corrected chi connectivity index (χ4v) is 7.04. The van der Waals surface area contributed by atoms with E-state index in [0.717, 1.165) is 47.1 Å². The molecule has 0 bridgehead atoms. The molecule has 0 aliphatic heterocycles. The van der Waals surface area contributed by atoms with Gasteiger partial charge >= 0.3 is 7.32 Å². The van der Waals surface area contributed by atoms with E-state index in [1.807, 2.05) is 20.8 Å². The first-order valence-electron chi connectivity index (χ1n) is 15.1. The summed E-state index contributed by atoms with van der Waals surface area (Å²) in [5.41, 5.74) is 10.1. The summed E-state index contributed by atoms with van der Waals surface area (Å²) in [6.07, 6.45) is 3.25. The summed E-state index contributed by atoms with van der Waals surface area (Å²) in [5.74, 6) is 1.32. The summed E-state index contributed by atoms with van der Waals surface area (Å²) in [4.78, 5) is 0. The van der Waals surface area contributed by atoms with Crippen molar-refractivity contribution in [2.75, 3.05) is 0 Å². The Bertz CT molecular complexity index is 1920. The average molecular weight is 555 g/mol. The van der Waals surface area contributed by atoms with Gasteiger partial charge in [-0.25, -0.2) is 0 Å². The largest absolute Gasteiger partial charge is 0.785 e. The van der Waals surface area contributed by atoms with Gasteiger partial charge in [0.15, 0.2) is 0 Å². The van der Waals surface area contributed by atoms with Crippen molar-refractivity contribution in [3.63, 3.8) is 0 Å². The smallest absolute Gasteiger partial charge is 0.501 e. The second-order valence-electron chi connectivity index (χ2n) is 12.0. The van der Waals surface area contributed by atoms with Gasteiger partial charge in [-0.05, 0) is 131 Å². The molecule has 6 rings (SSSR count). The zero-order chi connectivity index (χ0) is 29.7. The summed E-state index contributed by atoms with van der Waals surface area (Å²) in [7, 11) is -1.43. The summed E-state index contributed by atoms with van der Waals surface area (Å²) in [6, 6.07) is 24.3. The molecule has 3 nitrogen and oxygen atoms in total. The topological polar surface area (TPSA) is 38.7 Å². The minimum atomic E-state index is -1.43. The van der Waals surface area contributed by atoms with E-state index in [0.29, 0.717) is 11.5 Å². The zero-order valence-electron chi connectivity index (χ0n) is 25.8. The number of hydrogen-bond acceptors (Lipinski definition) is 3. The van der Waals surface area contributed by atoms with Crippen LogP contribution in [0.25, 0.3) is 43.4 Å². The molecular weight excluding hydrogens is 515 g/mol. The summed E-state index contributed by atoms with van der Waals surface area (Å²) in [5, 5.41) is 18.8. The highest BCUT2D eigenvalue weighted by molar-refractivity contribution is 6.37. The van der Waals surface area contributed by atoms with Crippen LogP contribution in [0.2, 0.25) is 0 Å². The summed E-state index contributed by atoms with van der Waals surface area (Å²) >= 11 is 0. The van der Waals surface area contributed by atoms with Crippen LogP contribution in [-0.2, 0) is 6.42 Å². The van der Waals surface area contributed by atoms with Gasteiger partial charge in [-0.1, -0.05) is 85.6 Å². The molecule has 0 aliphatic carbocycles. The molecule has 0 saturated heterocycles. The van der Waals surface area contributed by atoms with Crippen molar-refractivity contribution >= 4 is 39.6 Å². The van der Waals surface area contributed by atoms with Gasteiger partial charge in [0.1, 0.15) is 11.5 Å². The van der Waals surface area contributed by atoms with Gasteiger partial charge in [-0.15, -0.1) is 0 Å². The van der Waals surface area contributed by atoms with Gasteiger partial charge in [0.05, 0.1) is 0 Å². The van der Waals surface area contributed by atoms with Gasteiger partial charge in [0.25, 0.3) is 0 Å². The molecular formula is C38H39BO3. The molecule has 6 aromatic carbocycles. The van der Waals surface area contributed by atoms with Gasteiger partial charge in [0.2, 0.25) is 0 Å². The second-order valence-corrected chi connectivity index (χ2v) is 12.0. The van der Waals surface area contributed by atoms with Gasteiger partial charge in [-0.2, -0.15) is 0 Å². The Morgan fingerprint density at radius 2 is 1.26 bits per heavy atom. The van der Waals surface area contributed by atoms with Crippen molar-refractivity contribution in [3.05, 3.63) is 106 Å². The van der Waals surface area contributed by atoms with E-state index in [1.165, 1.54) is 54.6 Å². The molecule has 0 heterocycles. The zero-order valence-corrected chi connectivity index (χ0v) is 25.8. The maximum Gasteiger partial charge on any atom is 0.785 e. The molecule has 6 aromatic rings. The third-order valence-corrected chi connectivity index (χ3v) is 8.72. The quantitative estimate of drug-likeness (QED) is 0.150. The fourth-order valence-electron chi connectivity index (χ4n) is 7.04. The third kappa shape index (κ3) is 4.78. The van der Waals surface area contributed by atoms with E-state index in [-0.39, 0.29) is 0 Å². The Hall–Kier alpha value is -4.02.